The van der Waals surface area contributed by atoms with Crippen molar-refractivity contribution in [1.82, 2.24) is 5.32 Å². The number of rotatable bonds is 6. The normalized spacial score (nSPS) is 11.0. The molecule has 7 heteroatoms. The molecule has 0 fully saturated rings. The maximum Gasteiger partial charge on any atom is 0.407 e. The highest BCUT2D eigenvalue weighted by Gasteiger charge is 2.16. The van der Waals surface area contributed by atoms with Gasteiger partial charge in [-0.25, -0.2) is 4.79 Å². The summed E-state index contributed by atoms with van der Waals surface area (Å²) in [5.41, 5.74) is 1.56. The van der Waals surface area contributed by atoms with E-state index in [0.717, 1.165) is 11.1 Å². The summed E-state index contributed by atoms with van der Waals surface area (Å²) >= 11 is 3.26. The van der Waals surface area contributed by atoms with Gasteiger partial charge in [-0.05, 0) is 66.9 Å². The quantitative estimate of drug-likeness (QED) is 0.608. The van der Waals surface area contributed by atoms with Crippen LogP contribution >= 0.6 is 15.9 Å². The van der Waals surface area contributed by atoms with Crippen LogP contribution in [0.15, 0.2) is 40.9 Å². The first-order valence-corrected chi connectivity index (χ1v) is 9.56. The predicted molar refractivity (Wildman–Crippen MR) is 110 cm³/mol. The molecule has 0 atom stereocenters. The highest BCUT2D eigenvalue weighted by molar-refractivity contribution is 9.10. The van der Waals surface area contributed by atoms with Crippen LogP contribution in [0, 0.1) is 0 Å². The number of phenolic OH excluding ortho intramolecular Hbond substituents is 1. The summed E-state index contributed by atoms with van der Waals surface area (Å²) in [6.45, 7) is 7.48. The molecule has 0 heterocycles. The van der Waals surface area contributed by atoms with Crippen molar-refractivity contribution in [3.8, 4) is 11.5 Å². The summed E-state index contributed by atoms with van der Waals surface area (Å²) in [7, 11) is 0. The van der Waals surface area contributed by atoms with Crippen LogP contribution in [0.2, 0.25) is 0 Å². The summed E-state index contributed by atoms with van der Waals surface area (Å²) < 4.78 is 11.3. The van der Waals surface area contributed by atoms with Crippen LogP contribution in [0.5, 0.6) is 11.5 Å². The van der Waals surface area contributed by atoms with Crippen molar-refractivity contribution in [2.24, 2.45) is 0 Å². The van der Waals surface area contributed by atoms with Gasteiger partial charge in [-0.1, -0.05) is 24.3 Å². The molecule has 6 nitrogen and oxygen atoms in total. The van der Waals surface area contributed by atoms with Gasteiger partial charge in [-0.15, -0.1) is 0 Å². The van der Waals surface area contributed by atoms with E-state index >= 15 is 0 Å². The minimum Gasteiger partial charge on any atom is -0.506 e. The molecule has 2 N–H and O–H groups in total. The fraction of sp³-hybridized carbons (Fsp3) is 0.333. The van der Waals surface area contributed by atoms with Crippen molar-refractivity contribution in [3.63, 3.8) is 0 Å². The number of phenols is 1. The lowest BCUT2D eigenvalue weighted by atomic mass is 10.1. The lowest BCUT2D eigenvalue weighted by Crippen LogP contribution is -2.32. The fourth-order valence-corrected chi connectivity index (χ4v) is 2.80. The number of Topliss-reactive ketones (excluding diaryl/α,β-unsaturated/α-hetero) is 1. The van der Waals surface area contributed by atoms with Crippen LogP contribution < -0.4 is 10.1 Å². The number of nitrogens with one attached hydrogen (secondary N) is 1. The first-order valence-electron chi connectivity index (χ1n) is 8.76. The molecule has 0 spiro atoms. The fourth-order valence-electron chi connectivity index (χ4n) is 2.34. The van der Waals surface area contributed by atoms with Gasteiger partial charge in [0.1, 0.15) is 28.2 Å². The highest BCUT2D eigenvalue weighted by atomic mass is 79.9. The second-order valence-electron chi connectivity index (χ2n) is 7.29. The van der Waals surface area contributed by atoms with E-state index in [1.807, 2.05) is 45.0 Å². The number of amides is 1. The SMILES string of the molecule is CC(=O)c1ccc(OCc2ccc(CNC(=O)OC(C)(C)C)cc2)c(Br)c1O. The standard InChI is InChI=1S/C21H24BrNO5/c1-13(24)16-9-10-17(18(22)19(16)25)27-12-15-7-5-14(6-8-15)11-23-20(26)28-21(2,3)4/h5-10,25H,11-12H2,1-4H3,(H,23,26). The van der Waals surface area contributed by atoms with Crippen molar-refractivity contribution in [1.29, 1.82) is 0 Å². The Hall–Kier alpha value is -2.54. The van der Waals surface area contributed by atoms with E-state index in [4.69, 9.17) is 9.47 Å². The van der Waals surface area contributed by atoms with Crippen molar-refractivity contribution < 1.29 is 24.2 Å². The van der Waals surface area contributed by atoms with Crippen LogP contribution in [0.3, 0.4) is 0 Å². The molecule has 2 rings (SSSR count). The molecule has 0 unspecified atom stereocenters. The predicted octanol–water partition coefficient (Wildman–Crippen LogP) is 4.96. The minimum absolute atomic E-state index is 0.131. The van der Waals surface area contributed by atoms with Crippen LogP contribution in [0.1, 0.15) is 49.2 Å². The molecule has 0 aliphatic rings. The third kappa shape index (κ3) is 6.27. The maximum absolute atomic E-state index is 11.7. The molecule has 0 aliphatic heterocycles. The Morgan fingerprint density at radius 2 is 1.68 bits per heavy atom. The number of alkyl carbamates (subject to hydrolysis) is 1. The summed E-state index contributed by atoms with van der Waals surface area (Å²) in [6, 6.07) is 10.7. The van der Waals surface area contributed by atoms with Crippen molar-refractivity contribution in [3.05, 3.63) is 57.6 Å². The first kappa shape index (κ1) is 21.8. The van der Waals surface area contributed by atoms with Gasteiger partial charge < -0.3 is 19.9 Å². The number of ketones is 1. The van der Waals surface area contributed by atoms with Crippen molar-refractivity contribution >= 4 is 27.8 Å². The van der Waals surface area contributed by atoms with Gasteiger partial charge in [0, 0.05) is 6.54 Å². The molecule has 0 aromatic heterocycles. The third-order valence-electron chi connectivity index (χ3n) is 3.71. The second kappa shape index (κ2) is 9.10. The molecule has 1 amide bonds. The number of ether oxygens (including phenoxy) is 2. The molecule has 0 aliphatic carbocycles. The Morgan fingerprint density at radius 1 is 1.07 bits per heavy atom. The number of halogens is 1. The van der Waals surface area contributed by atoms with E-state index in [9.17, 15) is 14.7 Å². The van der Waals surface area contributed by atoms with Gasteiger partial charge in [0.05, 0.1) is 5.56 Å². The van der Waals surface area contributed by atoms with Crippen LogP contribution in [0.4, 0.5) is 4.79 Å². The van der Waals surface area contributed by atoms with E-state index in [2.05, 4.69) is 21.2 Å². The number of carbonyl (C=O) groups is 2. The number of carbonyl (C=O) groups excluding carboxylic acids is 2. The molecule has 150 valence electrons. The monoisotopic (exact) mass is 449 g/mol. The Labute approximate surface area is 173 Å². The zero-order chi connectivity index (χ0) is 20.9. The zero-order valence-electron chi connectivity index (χ0n) is 16.3. The van der Waals surface area contributed by atoms with Gasteiger partial charge in [-0.2, -0.15) is 0 Å². The molecule has 0 saturated heterocycles. The molecule has 0 bridgehead atoms. The van der Waals surface area contributed by atoms with E-state index in [-0.39, 0.29) is 23.7 Å². The molecule has 2 aromatic carbocycles. The molecule has 0 radical (unpaired) electrons. The molecule has 28 heavy (non-hydrogen) atoms. The van der Waals surface area contributed by atoms with E-state index in [0.29, 0.717) is 16.8 Å². The van der Waals surface area contributed by atoms with Crippen LogP contribution in [-0.2, 0) is 17.9 Å². The average molecular weight is 450 g/mol. The molecular formula is C21H24BrNO5. The number of benzene rings is 2. The largest absolute Gasteiger partial charge is 0.506 e. The topological polar surface area (TPSA) is 84.9 Å². The third-order valence-corrected chi connectivity index (χ3v) is 4.48. The summed E-state index contributed by atoms with van der Waals surface area (Å²) in [5.74, 6) is 0.0899. The molecule has 2 aromatic rings. The first-order chi connectivity index (χ1) is 13.1. The number of hydrogen-bond donors (Lipinski definition) is 2. The highest BCUT2D eigenvalue weighted by Crippen LogP contribution is 2.37. The zero-order valence-corrected chi connectivity index (χ0v) is 17.9. The second-order valence-corrected chi connectivity index (χ2v) is 8.08. The Bertz CT molecular complexity index is 856. The average Bonchev–Trinajstić information content (AvgIpc) is 2.60. The number of aromatic hydroxyl groups is 1. The van der Waals surface area contributed by atoms with Gasteiger partial charge >= 0.3 is 6.09 Å². The summed E-state index contributed by atoms with van der Waals surface area (Å²) in [6.07, 6.45) is -0.460. The van der Waals surface area contributed by atoms with Crippen LogP contribution in [0.25, 0.3) is 0 Å². The van der Waals surface area contributed by atoms with E-state index in [1.165, 1.54) is 13.0 Å². The van der Waals surface area contributed by atoms with Gasteiger partial charge in [0.2, 0.25) is 0 Å². The van der Waals surface area contributed by atoms with Gasteiger partial charge in [0.15, 0.2) is 5.78 Å². The lowest BCUT2D eigenvalue weighted by molar-refractivity contribution is 0.0523. The molecule has 0 saturated carbocycles. The summed E-state index contributed by atoms with van der Waals surface area (Å²) in [4.78, 5) is 23.1. The lowest BCUT2D eigenvalue weighted by Gasteiger charge is -2.19. The van der Waals surface area contributed by atoms with E-state index in [1.54, 1.807) is 6.07 Å². The Kier molecular flexibility index (Phi) is 7.07. The molecular weight excluding hydrogens is 426 g/mol. The minimum atomic E-state index is -0.531. The van der Waals surface area contributed by atoms with Crippen molar-refractivity contribution in [2.45, 2.75) is 46.4 Å². The van der Waals surface area contributed by atoms with Crippen molar-refractivity contribution in [2.75, 3.05) is 0 Å². The van der Waals surface area contributed by atoms with E-state index < -0.39 is 11.7 Å². The smallest absolute Gasteiger partial charge is 0.407 e. The van der Waals surface area contributed by atoms with Gasteiger partial charge in [-0.3, -0.25) is 4.79 Å². The number of hydrogen-bond acceptors (Lipinski definition) is 5. The maximum atomic E-state index is 11.7. The summed E-state index contributed by atoms with van der Waals surface area (Å²) in [5, 5.41) is 12.8. The van der Waals surface area contributed by atoms with Gasteiger partial charge in [0.25, 0.3) is 0 Å². The Morgan fingerprint density at radius 3 is 2.25 bits per heavy atom. The Balaban J connectivity index is 1.92. The van der Waals surface area contributed by atoms with Crippen LogP contribution in [-0.4, -0.2) is 22.6 Å².